The van der Waals surface area contributed by atoms with Crippen molar-refractivity contribution in [2.24, 2.45) is 0 Å². The molecule has 1 fully saturated rings. The number of hydrogen-bond acceptors (Lipinski definition) is 4. The van der Waals surface area contributed by atoms with Gasteiger partial charge in [0, 0.05) is 37.8 Å². The van der Waals surface area contributed by atoms with Gasteiger partial charge in [0.15, 0.2) is 0 Å². The molecule has 1 aliphatic rings. The maximum atomic E-state index is 13.2. The van der Waals surface area contributed by atoms with Gasteiger partial charge < -0.3 is 10.2 Å². The second-order valence-electron chi connectivity index (χ2n) is 8.39. The number of amides is 2. The van der Waals surface area contributed by atoms with Crippen LogP contribution in [0.25, 0.3) is 0 Å². The largest absolute Gasteiger partial charge is 0.350 e. The van der Waals surface area contributed by atoms with Crippen LogP contribution in [-0.2, 0) is 21.2 Å². The maximum absolute atomic E-state index is 13.2. The second kappa shape index (κ2) is 10.8. The minimum absolute atomic E-state index is 0.0802. The molecule has 0 spiro atoms. The van der Waals surface area contributed by atoms with E-state index in [4.69, 9.17) is 0 Å². The summed E-state index contributed by atoms with van der Waals surface area (Å²) in [5.74, 6) is -0.403. The van der Waals surface area contributed by atoms with Crippen LogP contribution in [0.1, 0.15) is 35.7 Å². The first-order valence-corrected chi connectivity index (χ1v) is 12.5. The van der Waals surface area contributed by atoms with E-state index in [0.29, 0.717) is 31.5 Å². The van der Waals surface area contributed by atoms with Crippen LogP contribution in [-0.4, -0.2) is 61.7 Å². The van der Waals surface area contributed by atoms with Gasteiger partial charge in [-0.25, -0.2) is 8.42 Å². The van der Waals surface area contributed by atoms with Crippen LogP contribution in [0, 0.1) is 0 Å². The van der Waals surface area contributed by atoms with Crippen molar-refractivity contribution in [3.63, 3.8) is 0 Å². The molecule has 2 atom stereocenters. The number of sulfonamides is 1. The van der Waals surface area contributed by atoms with Crippen LogP contribution >= 0.6 is 0 Å². The minimum Gasteiger partial charge on any atom is -0.350 e. The first-order valence-electron chi connectivity index (χ1n) is 11.1. The van der Waals surface area contributed by atoms with Crippen molar-refractivity contribution >= 4 is 21.8 Å². The van der Waals surface area contributed by atoms with Crippen molar-refractivity contribution in [2.75, 3.05) is 20.1 Å². The summed E-state index contributed by atoms with van der Waals surface area (Å²) in [5, 5.41) is 2.84. The van der Waals surface area contributed by atoms with Crippen molar-refractivity contribution in [1.29, 1.82) is 0 Å². The highest BCUT2D eigenvalue weighted by atomic mass is 32.2. The van der Waals surface area contributed by atoms with E-state index in [2.05, 4.69) is 11.9 Å². The summed E-state index contributed by atoms with van der Waals surface area (Å²) in [6, 6.07) is 15.7. The summed E-state index contributed by atoms with van der Waals surface area (Å²) in [4.78, 5) is 26.1. The molecule has 1 saturated heterocycles. The normalized spacial score (nSPS) is 19.0. The fraction of sp³-hybridized carbons (Fsp3) is 0.360. The molecule has 0 bridgehead atoms. The third kappa shape index (κ3) is 6.09. The van der Waals surface area contributed by atoms with Gasteiger partial charge in [-0.3, -0.25) is 9.59 Å². The molecule has 0 radical (unpaired) electrons. The maximum Gasteiger partial charge on any atom is 0.253 e. The number of nitrogens with zero attached hydrogens (tertiary/aromatic N) is 2. The Balaban J connectivity index is 1.63. The molecule has 33 heavy (non-hydrogen) atoms. The zero-order valence-corrected chi connectivity index (χ0v) is 19.9. The van der Waals surface area contributed by atoms with Crippen LogP contribution in [0.4, 0.5) is 0 Å². The van der Waals surface area contributed by atoms with Gasteiger partial charge in [0.2, 0.25) is 15.9 Å². The van der Waals surface area contributed by atoms with Crippen molar-refractivity contribution in [2.45, 2.75) is 43.2 Å². The van der Waals surface area contributed by atoms with Gasteiger partial charge in [-0.15, -0.1) is 0 Å². The van der Waals surface area contributed by atoms with Gasteiger partial charge in [-0.05, 0) is 62.1 Å². The summed E-state index contributed by atoms with van der Waals surface area (Å²) in [6.07, 6.45) is 3.03. The Morgan fingerprint density at radius 1 is 1.15 bits per heavy atom. The van der Waals surface area contributed by atoms with Crippen LogP contribution in [0.2, 0.25) is 0 Å². The fourth-order valence-corrected chi connectivity index (χ4v) is 5.72. The molecular weight excluding hydrogens is 438 g/mol. The molecule has 1 heterocycles. The van der Waals surface area contributed by atoms with E-state index in [-0.39, 0.29) is 28.8 Å². The van der Waals surface area contributed by atoms with Gasteiger partial charge in [0.1, 0.15) is 0 Å². The van der Waals surface area contributed by atoms with Crippen LogP contribution in [0.15, 0.2) is 72.1 Å². The molecule has 1 aliphatic heterocycles. The van der Waals surface area contributed by atoms with E-state index in [1.807, 2.05) is 37.3 Å². The summed E-state index contributed by atoms with van der Waals surface area (Å²) in [7, 11) is -1.96. The SMILES string of the molecule is C=CC(=O)NC1CCN(S(=O)(=O)c2ccc(C(=O)N(C)CCc3ccccc3)cc2)C(C)C1. The summed E-state index contributed by atoms with van der Waals surface area (Å²) in [6.45, 7) is 6.17. The zero-order chi connectivity index (χ0) is 24.0. The standard InChI is InChI=1S/C25H31N3O4S/c1-4-24(29)26-22-15-17-28(19(2)18-22)33(31,32)23-12-10-21(11-13-23)25(30)27(3)16-14-20-8-6-5-7-9-20/h4-13,19,22H,1,14-18H2,2-3H3,(H,26,29). The van der Waals surface area contributed by atoms with Gasteiger partial charge in [0.25, 0.3) is 5.91 Å². The van der Waals surface area contributed by atoms with Crippen LogP contribution in [0.3, 0.4) is 0 Å². The molecule has 2 unspecified atom stereocenters. The Morgan fingerprint density at radius 2 is 1.82 bits per heavy atom. The molecule has 1 N–H and O–H groups in total. The quantitative estimate of drug-likeness (QED) is 0.603. The van der Waals surface area contributed by atoms with E-state index in [9.17, 15) is 18.0 Å². The predicted octanol–water partition coefficient (Wildman–Crippen LogP) is 2.85. The molecule has 2 aromatic carbocycles. The summed E-state index contributed by atoms with van der Waals surface area (Å²) < 4.78 is 27.8. The van der Waals surface area contributed by atoms with Crippen LogP contribution in [0.5, 0.6) is 0 Å². The lowest BCUT2D eigenvalue weighted by molar-refractivity contribution is -0.117. The molecule has 7 nitrogen and oxygen atoms in total. The molecular formula is C25H31N3O4S. The van der Waals surface area contributed by atoms with Gasteiger partial charge in [0.05, 0.1) is 4.90 Å². The van der Waals surface area contributed by atoms with Crippen molar-refractivity contribution in [1.82, 2.24) is 14.5 Å². The first-order chi connectivity index (χ1) is 15.7. The molecule has 0 aromatic heterocycles. The lowest BCUT2D eigenvalue weighted by Gasteiger charge is -2.36. The van der Waals surface area contributed by atoms with E-state index in [1.165, 1.54) is 22.5 Å². The van der Waals surface area contributed by atoms with Crippen molar-refractivity contribution in [3.05, 3.63) is 78.4 Å². The lowest BCUT2D eigenvalue weighted by atomic mass is 10.0. The van der Waals surface area contributed by atoms with E-state index >= 15 is 0 Å². The third-order valence-electron chi connectivity index (χ3n) is 5.98. The average Bonchev–Trinajstić information content (AvgIpc) is 2.82. The van der Waals surface area contributed by atoms with E-state index < -0.39 is 10.0 Å². The Bertz CT molecular complexity index is 1080. The van der Waals surface area contributed by atoms with E-state index in [0.717, 1.165) is 12.0 Å². The Morgan fingerprint density at radius 3 is 2.42 bits per heavy atom. The van der Waals surface area contributed by atoms with E-state index in [1.54, 1.807) is 24.1 Å². The fourth-order valence-electron chi connectivity index (χ4n) is 4.07. The number of rotatable bonds is 8. The van der Waals surface area contributed by atoms with Crippen molar-refractivity contribution in [3.8, 4) is 0 Å². The molecule has 176 valence electrons. The summed E-state index contributed by atoms with van der Waals surface area (Å²) in [5.41, 5.74) is 1.60. The summed E-state index contributed by atoms with van der Waals surface area (Å²) >= 11 is 0. The molecule has 2 amide bonds. The third-order valence-corrected chi connectivity index (χ3v) is 8.01. The number of benzene rings is 2. The molecule has 0 aliphatic carbocycles. The first kappa shape index (κ1) is 24.7. The van der Waals surface area contributed by atoms with Gasteiger partial charge >= 0.3 is 0 Å². The second-order valence-corrected chi connectivity index (χ2v) is 10.3. The minimum atomic E-state index is -3.70. The predicted molar refractivity (Wildman–Crippen MR) is 128 cm³/mol. The molecule has 2 aromatic rings. The Kier molecular flexibility index (Phi) is 8.05. The Labute approximate surface area is 196 Å². The van der Waals surface area contributed by atoms with Gasteiger partial charge in [-0.2, -0.15) is 4.31 Å². The lowest BCUT2D eigenvalue weighted by Crippen LogP contribution is -2.50. The number of carbonyl (C=O) groups is 2. The number of piperidine rings is 1. The van der Waals surface area contributed by atoms with Gasteiger partial charge in [-0.1, -0.05) is 36.9 Å². The highest BCUT2D eigenvalue weighted by Crippen LogP contribution is 2.26. The number of carbonyl (C=O) groups excluding carboxylic acids is 2. The highest BCUT2D eigenvalue weighted by molar-refractivity contribution is 7.89. The smallest absolute Gasteiger partial charge is 0.253 e. The molecule has 0 saturated carbocycles. The number of nitrogens with one attached hydrogen (secondary N) is 1. The molecule has 8 heteroatoms. The highest BCUT2D eigenvalue weighted by Gasteiger charge is 2.34. The van der Waals surface area contributed by atoms with Crippen LogP contribution < -0.4 is 5.32 Å². The Hall–Kier alpha value is -2.97. The number of hydrogen-bond donors (Lipinski definition) is 1. The monoisotopic (exact) mass is 469 g/mol. The topological polar surface area (TPSA) is 86.8 Å². The number of likely N-dealkylation sites (N-methyl/N-ethyl adjacent to an activating group) is 1. The molecule has 3 rings (SSSR count). The van der Waals surface area contributed by atoms with Crippen molar-refractivity contribution < 1.29 is 18.0 Å². The average molecular weight is 470 g/mol. The zero-order valence-electron chi connectivity index (χ0n) is 19.1.